The van der Waals surface area contributed by atoms with Crippen molar-refractivity contribution in [1.82, 2.24) is 0 Å². The molecule has 102 valence electrons. The van der Waals surface area contributed by atoms with Crippen LogP contribution >= 0.6 is 0 Å². The van der Waals surface area contributed by atoms with Crippen molar-refractivity contribution >= 4 is 17.9 Å². The van der Waals surface area contributed by atoms with Gasteiger partial charge in [-0.2, -0.15) is 0 Å². The van der Waals surface area contributed by atoms with Crippen LogP contribution in [0.1, 0.15) is 13.3 Å². The number of esters is 3. The summed E-state index contributed by atoms with van der Waals surface area (Å²) in [5, 5.41) is 0. The molecule has 0 aromatic carbocycles. The van der Waals surface area contributed by atoms with Crippen LogP contribution in [0.2, 0.25) is 0 Å². The predicted octanol–water partition coefficient (Wildman–Crippen LogP) is 1.24. The Kier molecular flexibility index (Phi) is 3.83. The van der Waals surface area contributed by atoms with E-state index in [2.05, 4.69) is 6.58 Å². The van der Waals surface area contributed by atoms with Gasteiger partial charge < -0.3 is 9.47 Å². The van der Waals surface area contributed by atoms with Gasteiger partial charge in [0.25, 0.3) is 0 Å². The number of hydrogen-bond acceptors (Lipinski definition) is 5. The van der Waals surface area contributed by atoms with E-state index >= 15 is 0 Å². The van der Waals surface area contributed by atoms with Crippen molar-refractivity contribution in [1.29, 1.82) is 0 Å². The number of cyclic esters (lactones) is 2. The van der Waals surface area contributed by atoms with Crippen LogP contribution in [0, 0.1) is 23.7 Å². The predicted molar refractivity (Wildman–Crippen MR) is 65.6 cm³/mol. The van der Waals surface area contributed by atoms with Crippen LogP contribution in [0.4, 0.5) is 0 Å². The zero-order chi connectivity index (χ0) is 14.0. The van der Waals surface area contributed by atoms with Gasteiger partial charge in [-0.3, -0.25) is 14.4 Å². The van der Waals surface area contributed by atoms with Crippen LogP contribution in [0.15, 0.2) is 24.8 Å². The molecule has 0 aromatic rings. The molecule has 19 heavy (non-hydrogen) atoms. The number of hydrogen-bond donors (Lipinski definition) is 0. The van der Waals surface area contributed by atoms with E-state index < -0.39 is 23.8 Å². The van der Waals surface area contributed by atoms with Crippen LogP contribution in [0.25, 0.3) is 0 Å². The zero-order valence-corrected chi connectivity index (χ0v) is 10.7. The topological polar surface area (TPSA) is 69.7 Å². The summed E-state index contributed by atoms with van der Waals surface area (Å²) in [4.78, 5) is 33.9. The molecule has 2 rings (SSSR count). The van der Waals surface area contributed by atoms with E-state index in [0.29, 0.717) is 6.42 Å². The molecule has 0 amide bonds. The first-order chi connectivity index (χ1) is 9.04. The summed E-state index contributed by atoms with van der Waals surface area (Å²) in [7, 11) is 0. The lowest BCUT2D eigenvalue weighted by Gasteiger charge is -2.08. The van der Waals surface area contributed by atoms with Crippen molar-refractivity contribution in [3.63, 3.8) is 0 Å². The molecule has 0 bridgehead atoms. The standard InChI is InChI=1S/C14H16O5/c1-3-9-7-10(5-4-6-18-8(2)15)12-11(9)13(16)19-14(12)17/h3-5,9-12H,1,6-7H2,2H3. The summed E-state index contributed by atoms with van der Waals surface area (Å²) >= 11 is 0. The smallest absolute Gasteiger partial charge is 0.318 e. The van der Waals surface area contributed by atoms with E-state index in [1.54, 1.807) is 12.2 Å². The maximum atomic E-state index is 11.7. The molecule has 1 saturated carbocycles. The summed E-state index contributed by atoms with van der Waals surface area (Å²) in [6, 6.07) is 0. The quantitative estimate of drug-likeness (QED) is 0.434. The lowest BCUT2D eigenvalue weighted by atomic mass is 9.89. The molecule has 1 aliphatic heterocycles. The van der Waals surface area contributed by atoms with Crippen LogP contribution in [0.5, 0.6) is 0 Å². The Morgan fingerprint density at radius 3 is 2.58 bits per heavy atom. The van der Waals surface area contributed by atoms with Crippen molar-refractivity contribution in [2.24, 2.45) is 23.7 Å². The molecule has 5 heteroatoms. The largest absolute Gasteiger partial charge is 0.462 e. The lowest BCUT2D eigenvalue weighted by Crippen LogP contribution is -2.19. The van der Waals surface area contributed by atoms with Gasteiger partial charge in [-0.15, -0.1) is 6.58 Å². The molecule has 1 heterocycles. The minimum Gasteiger partial charge on any atom is -0.462 e. The van der Waals surface area contributed by atoms with Gasteiger partial charge in [0, 0.05) is 6.92 Å². The number of carbonyl (C=O) groups is 3. The Bertz CT molecular complexity index is 451. The molecule has 2 fully saturated rings. The third-order valence-electron chi connectivity index (χ3n) is 3.67. The SMILES string of the molecule is C=CC1CC(C=CCOC(C)=O)C2C(=O)OC(=O)C12. The van der Waals surface area contributed by atoms with Crippen molar-refractivity contribution in [2.45, 2.75) is 13.3 Å². The first kappa shape index (κ1) is 13.5. The summed E-state index contributed by atoms with van der Waals surface area (Å²) in [6.07, 6.45) is 5.92. The molecular formula is C14H16O5. The normalized spacial score (nSPS) is 33.3. The average molecular weight is 264 g/mol. The van der Waals surface area contributed by atoms with Gasteiger partial charge in [0.05, 0.1) is 11.8 Å². The van der Waals surface area contributed by atoms with E-state index in [0.717, 1.165) is 0 Å². The zero-order valence-electron chi connectivity index (χ0n) is 10.7. The molecular weight excluding hydrogens is 248 g/mol. The second kappa shape index (κ2) is 5.38. The molecule has 0 spiro atoms. The van der Waals surface area contributed by atoms with E-state index in [4.69, 9.17) is 9.47 Å². The van der Waals surface area contributed by atoms with E-state index in [1.807, 2.05) is 6.08 Å². The Balaban J connectivity index is 2.05. The highest BCUT2D eigenvalue weighted by atomic mass is 16.6. The third kappa shape index (κ3) is 2.59. The van der Waals surface area contributed by atoms with Gasteiger partial charge in [0.15, 0.2) is 0 Å². The van der Waals surface area contributed by atoms with Crippen LogP contribution in [0.3, 0.4) is 0 Å². The lowest BCUT2D eigenvalue weighted by molar-refractivity contribution is -0.154. The maximum absolute atomic E-state index is 11.7. The van der Waals surface area contributed by atoms with Crippen molar-refractivity contribution in [2.75, 3.05) is 6.61 Å². The number of rotatable bonds is 4. The Hall–Kier alpha value is -1.91. The van der Waals surface area contributed by atoms with Crippen molar-refractivity contribution in [3.8, 4) is 0 Å². The van der Waals surface area contributed by atoms with E-state index in [-0.39, 0.29) is 24.4 Å². The van der Waals surface area contributed by atoms with Gasteiger partial charge in [0.2, 0.25) is 0 Å². The molecule has 1 saturated heterocycles. The molecule has 0 aromatic heterocycles. The van der Waals surface area contributed by atoms with Gasteiger partial charge in [-0.05, 0) is 18.3 Å². The monoisotopic (exact) mass is 264 g/mol. The van der Waals surface area contributed by atoms with Gasteiger partial charge >= 0.3 is 17.9 Å². The van der Waals surface area contributed by atoms with E-state index in [1.165, 1.54) is 6.92 Å². The molecule has 0 N–H and O–H groups in total. The fourth-order valence-electron chi connectivity index (χ4n) is 2.86. The summed E-state index contributed by atoms with van der Waals surface area (Å²) < 4.78 is 9.48. The molecule has 0 radical (unpaired) electrons. The summed E-state index contributed by atoms with van der Waals surface area (Å²) in [5.74, 6) is -2.20. The summed E-state index contributed by atoms with van der Waals surface area (Å²) in [6.45, 7) is 5.21. The molecule has 4 unspecified atom stereocenters. The highest BCUT2D eigenvalue weighted by molar-refractivity contribution is 5.97. The van der Waals surface area contributed by atoms with Crippen LogP contribution < -0.4 is 0 Å². The molecule has 2 aliphatic rings. The minimum atomic E-state index is -0.457. The highest BCUT2D eigenvalue weighted by Gasteiger charge is 2.55. The first-order valence-corrected chi connectivity index (χ1v) is 6.22. The van der Waals surface area contributed by atoms with Gasteiger partial charge in [0.1, 0.15) is 6.61 Å². The summed E-state index contributed by atoms with van der Waals surface area (Å²) in [5.41, 5.74) is 0. The average Bonchev–Trinajstić information content (AvgIpc) is 2.85. The van der Waals surface area contributed by atoms with Crippen LogP contribution in [-0.2, 0) is 23.9 Å². The minimum absolute atomic E-state index is 0.0349. The number of allylic oxidation sites excluding steroid dienone is 2. The Labute approximate surface area is 111 Å². The first-order valence-electron chi connectivity index (χ1n) is 6.22. The van der Waals surface area contributed by atoms with Crippen LogP contribution in [-0.4, -0.2) is 24.5 Å². The Morgan fingerprint density at radius 2 is 2.00 bits per heavy atom. The second-order valence-corrected chi connectivity index (χ2v) is 4.82. The maximum Gasteiger partial charge on any atom is 0.318 e. The fraction of sp³-hybridized carbons (Fsp3) is 0.500. The Morgan fingerprint density at radius 1 is 1.37 bits per heavy atom. The van der Waals surface area contributed by atoms with Gasteiger partial charge in [-0.25, -0.2) is 0 Å². The third-order valence-corrected chi connectivity index (χ3v) is 3.67. The second-order valence-electron chi connectivity index (χ2n) is 4.82. The number of ether oxygens (including phenoxy) is 2. The van der Waals surface area contributed by atoms with Crippen molar-refractivity contribution < 1.29 is 23.9 Å². The van der Waals surface area contributed by atoms with Crippen molar-refractivity contribution in [3.05, 3.63) is 24.8 Å². The number of carbonyl (C=O) groups excluding carboxylic acids is 3. The number of fused-ring (bicyclic) bond motifs is 1. The molecule has 1 aliphatic carbocycles. The molecule has 5 nitrogen and oxygen atoms in total. The molecule has 4 atom stereocenters. The highest BCUT2D eigenvalue weighted by Crippen LogP contribution is 2.47. The fourth-order valence-corrected chi connectivity index (χ4v) is 2.86. The van der Waals surface area contributed by atoms with Gasteiger partial charge in [-0.1, -0.05) is 18.2 Å². The van der Waals surface area contributed by atoms with E-state index in [9.17, 15) is 14.4 Å².